The van der Waals surface area contributed by atoms with Crippen molar-refractivity contribution in [2.45, 2.75) is 50.6 Å². The van der Waals surface area contributed by atoms with Crippen molar-refractivity contribution in [1.82, 2.24) is 10.3 Å². The number of hydrogen-bond donors (Lipinski definition) is 2. The molecular formula is C19H22F3N3O3. The molecule has 0 radical (unpaired) electrons. The maximum Gasteiger partial charge on any atom is 0.491 e. The molecule has 6 nitrogen and oxygen atoms in total. The van der Waals surface area contributed by atoms with Crippen LogP contribution in [-0.2, 0) is 4.79 Å². The van der Waals surface area contributed by atoms with Gasteiger partial charge in [-0.05, 0) is 63.3 Å². The second-order valence-electron chi connectivity index (χ2n) is 7.02. The highest BCUT2D eigenvalue weighted by Gasteiger charge is 2.42. The Kier molecular flexibility index (Phi) is 6.02. The van der Waals surface area contributed by atoms with Crippen molar-refractivity contribution in [3.63, 3.8) is 0 Å². The molecule has 2 aliphatic rings. The molecule has 3 rings (SSSR count). The Morgan fingerprint density at radius 2 is 1.93 bits per heavy atom. The number of ether oxygens (including phenoxy) is 1. The van der Waals surface area contributed by atoms with Gasteiger partial charge in [0.1, 0.15) is 5.69 Å². The first-order valence-electron chi connectivity index (χ1n) is 9.31. The van der Waals surface area contributed by atoms with Crippen LogP contribution in [-0.4, -0.2) is 36.1 Å². The zero-order chi connectivity index (χ0) is 20.3. The van der Waals surface area contributed by atoms with E-state index in [9.17, 15) is 22.8 Å². The number of nitrogens with one attached hydrogen (secondary N) is 1. The van der Waals surface area contributed by atoms with E-state index in [1.807, 2.05) is 6.08 Å². The number of esters is 1. The van der Waals surface area contributed by atoms with Gasteiger partial charge in [-0.2, -0.15) is 13.2 Å². The van der Waals surface area contributed by atoms with Crippen LogP contribution in [0.15, 0.2) is 12.1 Å². The van der Waals surface area contributed by atoms with Crippen molar-refractivity contribution in [2.24, 2.45) is 5.73 Å². The van der Waals surface area contributed by atoms with Crippen LogP contribution in [0.3, 0.4) is 0 Å². The van der Waals surface area contributed by atoms with E-state index < -0.39 is 18.1 Å². The number of carbonyl (C=O) groups is 2. The summed E-state index contributed by atoms with van der Waals surface area (Å²) in [5.74, 6) is -3.58. The molecule has 1 aliphatic carbocycles. The predicted octanol–water partition coefficient (Wildman–Crippen LogP) is 3.07. The third-order valence-electron chi connectivity index (χ3n) is 5.04. The summed E-state index contributed by atoms with van der Waals surface area (Å²) in [6, 6.07) is 1.14. The molecule has 2 heterocycles. The van der Waals surface area contributed by atoms with E-state index in [1.54, 1.807) is 0 Å². The summed E-state index contributed by atoms with van der Waals surface area (Å²) in [5.41, 5.74) is 6.84. The van der Waals surface area contributed by atoms with E-state index >= 15 is 0 Å². The molecule has 0 aromatic carbocycles. The number of pyridine rings is 1. The number of allylic oxidation sites excluding steroid dienone is 2. The van der Waals surface area contributed by atoms with E-state index in [0.29, 0.717) is 12.1 Å². The van der Waals surface area contributed by atoms with Gasteiger partial charge in [0.15, 0.2) is 5.75 Å². The fraction of sp³-hybridized carbons (Fsp3) is 0.526. The maximum absolute atomic E-state index is 12.7. The zero-order valence-electron chi connectivity index (χ0n) is 15.3. The van der Waals surface area contributed by atoms with Crippen molar-refractivity contribution in [1.29, 1.82) is 0 Å². The fourth-order valence-electron chi connectivity index (χ4n) is 3.63. The second-order valence-corrected chi connectivity index (χ2v) is 7.02. The molecule has 152 valence electrons. The molecule has 0 bridgehead atoms. The smallest absolute Gasteiger partial charge is 0.418 e. The van der Waals surface area contributed by atoms with Crippen LogP contribution in [0, 0.1) is 0 Å². The van der Waals surface area contributed by atoms with Crippen molar-refractivity contribution >= 4 is 17.4 Å². The van der Waals surface area contributed by atoms with Gasteiger partial charge in [0.2, 0.25) is 0 Å². The van der Waals surface area contributed by atoms with Crippen molar-refractivity contribution in [3.05, 3.63) is 29.1 Å². The summed E-state index contributed by atoms with van der Waals surface area (Å²) >= 11 is 0. The molecule has 1 aromatic rings. The summed E-state index contributed by atoms with van der Waals surface area (Å²) in [6.45, 7) is 1.49. The van der Waals surface area contributed by atoms with Crippen LogP contribution >= 0.6 is 0 Å². The Balaban J connectivity index is 2.10. The number of alkyl halides is 3. The van der Waals surface area contributed by atoms with Crippen LogP contribution in [0.25, 0.3) is 5.57 Å². The standard InChI is InChI=1S/C19H22F3N3O3/c20-19(21,22)18(27)28-14-10-13(17(23)26)15(12-6-8-24-9-7-12)25-16(14)11-4-2-1-3-5-11/h4,10,12,24H,1-3,5-9H2,(H2,23,26). The third kappa shape index (κ3) is 4.52. The molecule has 1 aromatic heterocycles. The molecular weight excluding hydrogens is 375 g/mol. The van der Waals surface area contributed by atoms with Crippen molar-refractivity contribution in [2.75, 3.05) is 13.1 Å². The summed E-state index contributed by atoms with van der Waals surface area (Å²) in [6.07, 6.45) is 1.42. The molecule has 0 spiro atoms. The van der Waals surface area contributed by atoms with Gasteiger partial charge in [0, 0.05) is 5.92 Å². The average molecular weight is 397 g/mol. The number of rotatable bonds is 4. The van der Waals surface area contributed by atoms with E-state index in [2.05, 4.69) is 15.0 Å². The first-order chi connectivity index (χ1) is 13.3. The number of piperidine rings is 1. The van der Waals surface area contributed by atoms with Gasteiger partial charge in [-0.15, -0.1) is 0 Å². The Morgan fingerprint density at radius 3 is 2.50 bits per heavy atom. The van der Waals surface area contributed by atoms with Gasteiger partial charge >= 0.3 is 12.1 Å². The minimum atomic E-state index is -5.15. The van der Waals surface area contributed by atoms with Crippen molar-refractivity contribution < 1.29 is 27.5 Å². The first kappa shape index (κ1) is 20.3. The minimum absolute atomic E-state index is 0.00275. The van der Waals surface area contributed by atoms with Crippen LogP contribution < -0.4 is 15.8 Å². The van der Waals surface area contributed by atoms with Gasteiger partial charge < -0.3 is 15.8 Å². The zero-order valence-corrected chi connectivity index (χ0v) is 15.3. The lowest BCUT2D eigenvalue weighted by Gasteiger charge is -2.25. The van der Waals surface area contributed by atoms with E-state index in [4.69, 9.17) is 5.73 Å². The molecule has 1 saturated heterocycles. The van der Waals surface area contributed by atoms with Crippen LogP contribution in [0.1, 0.15) is 66.2 Å². The first-order valence-corrected chi connectivity index (χ1v) is 9.31. The molecule has 1 fully saturated rings. The van der Waals surface area contributed by atoms with E-state index in [0.717, 1.165) is 56.8 Å². The van der Waals surface area contributed by atoms with Gasteiger partial charge in [-0.3, -0.25) is 4.79 Å². The number of amides is 1. The number of nitrogens with two attached hydrogens (primary N) is 1. The lowest BCUT2D eigenvalue weighted by atomic mass is 9.89. The molecule has 0 saturated carbocycles. The maximum atomic E-state index is 12.7. The van der Waals surface area contributed by atoms with E-state index in [1.165, 1.54) is 0 Å². The number of aromatic nitrogens is 1. The molecule has 0 unspecified atom stereocenters. The minimum Gasteiger partial charge on any atom is -0.418 e. The lowest BCUT2D eigenvalue weighted by molar-refractivity contribution is -0.189. The molecule has 0 atom stereocenters. The van der Waals surface area contributed by atoms with Gasteiger partial charge in [0.05, 0.1) is 11.3 Å². The van der Waals surface area contributed by atoms with Crippen LogP contribution in [0.4, 0.5) is 13.2 Å². The van der Waals surface area contributed by atoms with Crippen molar-refractivity contribution in [3.8, 4) is 5.75 Å². The summed E-state index contributed by atoms with van der Waals surface area (Å²) < 4.78 is 42.8. The molecule has 3 N–H and O–H groups in total. The number of hydrogen-bond acceptors (Lipinski definition) is 5. The van der Waals surface area contributed by atoms with Gasteiger partial charge in [0.25, 0.3) is 5.91 Å². The Bertz CT molecular complexity index is 800. The topological polar surface area (TPSA) is 94.3 Å². The largest absolute Gasteiger partial charge is 0.491 e. The molecule has 28 heavy (non-hydrogen) atoms. The highest BCUT2D eigenvalue weighted by molar-refractivity contribution is 5.95. The molecule has 1 aliphatic heterocycles. The Morgan fingerprint density at radius 1 is 1.21 bits per heavy atom. The lowest BCUT2D eigenvalue weighted by Crippen LogP contribution is -2.30. The molecule has 1 amide bonds. The number of carbonyl (C=O) groups excluding carboxylic acids is 2. The Hall–Kier alpha value is -2.42. The van der Waals surface area contributed by atoms with Crippen LogP contribution in [0.5, 0.6) is 5.75 Å². The highest BCUT2D eigenvalue weighted by atomic mass is 19.4. The Labute approximate surface area is 160 Å². The van der Waals surface area contributed by atoms with E-state index in [-0.39, 0.29) is 22.9 Å². The normalized spacial score (nSPS) is 18.5. The number of primary amides is 1. The quantitative estimate of drug-likeness (QED) is 0.762. The van der Waals surface area contributed by atoms with Gasteiger partial charge in [-0.1, -0.05) is 6.08 Å². The number of halogens is 3. The summed E-state index contributed by atoms with van der Waals surface area (Å²) in [5, 5.41) is 3.22. The average Bonchev–Trinajstić information content (AvgIpc) is 2.68. The van der Waals surface area contributed by atoms with Crippen LogP contribution in [0.2, 0.25) is 0 Å². The third-order valence-corrected chi connectivity index (χ3v) is 5.04. The molecule has 9 heteroatoms. The van der Waals surface area contributed by atoms with Gasteiger partial charge in [-0.25, -0.2) is 9.78 Å². The SMILES string of the molecule is NC(=O)c1cc(OC(=O)C(F)(F)F)c(C2=CCCCC2)nc1C1CCNCC1. The monoisotopic (exact) mass is 397 g/mol. The highest BCUT2D eigenvalue weighted by Crippen LogP contribution is 2.37. The summed E-state index contributed by atoms with van der Waals surface area (Å²) in [7, 11) is 0. The predicted molar refractivity (Wildman–Crippen MR) is 95.7 cm³/mol. The number of nitrogens with zero attached hydrogens (tertiary/aromatic N) is 1. The summed E-state index contributed by atoms with van der Waals surface area (Å²) in [4.78, 5) is 27.9. The second kappa shape index (κ2) is 8.30. The fourth-order valence-corrected chi connectivity index (χ4v) is 3.63.